The van der Waals surface area contributed by atoms with Gasteiger partial charge in [0.2, 0.25) is 0 Å². The predicted molar refractivity (Wildman–Crippen MR) is 83.6 cm³/mol. The van der Waals surface area contributed by atoms with E-state index in [0.717, 1.165) is 35.7 Å². The van der Waals surface area contributed by atoms with Crippen molar-refractivity contribution in [3.63, 3.8) is 0 Å². The molecule has 4 N–H and O–H groups in total. The van der Waals surface area contributed by atoms with Crippen molar-refractivity contribution in [1.82, 2.24) is 4.98 Å². The van der Waals surface area contributed by atoms with Crippen LogP contribution >= 0.6 is 11.6 Å². The minimum Gasteiger partial charge on any atom is -0.327 e. The number of aromatic nitrogens is 1. The van der Waals surface area contributed by atoms with Crippen LogP contribution in [0.3, 0.4) is 0 Å². The molecule has 0 amide bonds. The summed E-state index contributed by atoms with van der Waals surface area (Å²) in [6, 6.07) is 7.99. The Morgan fingerprint density at radius 3 is 2.95 bits per heavy atom. The van der Waals surface area contributed by atoms with E-state index in [1.165, 1.54) is 0 Å². The molecule has 1 aromatic carbocycles. The van der Waals surface area contributed by atoms with Gasteiger partial charge in [0.15, 0.2) is 0 Å². The molecule has 20 heavy (non-hydrogen) atoms. The van der Waals surface area contributed by atoms with Gasteiger partial charge in [-0.2, -0.15) is 0 Å². The number of pyridine rings is 1. The molecule has 3 rings (SSSR count). The molecular weight excluding hydrogens is 270 g/mol. The average Bonchev–Trinajstić information content (AvgIpc) is 2.43. The Bertz CT molecular complexity index is 643. The fraction of sp³-hybridized carbons (Fsp3) is 0.438. The minimum atomic E-state index is -0.382. The van der Waals surface area contributed by atoms with E-state index in [-0.39, 0.29) is 17.5 Å². The van der Waals surface area contributed by atoms with E-state index in [1.54, 1.807) is 0 Å². The van der Waals surface area contributed by atoms with Crippen molar-refractivity contribution in [1.29, 1.82) is 0 Å². The topological polar surface area (TPSA) is 64.9 Å². The highest BCUT2D eigenvalue weighted by Crippen LogP contribution is 2.41. The number of halogens is 1. The number of hydrogen-bond donors (Lipinski definition) is 2. The highest BCUT2D eigenvalue weighted by molar-refractivity contribution is 6.31. The first kappa shape index (κ1) is 13.8. The molecule has 1 aliphatic carbocycles. The lowest BCUT2D eigenvalue weighted by Gasteiger charge is -2.43. The fourth-order valence-corrected chi connectivity index (χ4v) is 3.56. The van der Waals surface area contributed by atoms with Gasteiger partial charge >= 0.3 is 0 Å². The smallest absolute Gasteiger partial charge is 0.0720 e. The van der Waals surface area contributed by atoms with Gasteiger partial charge < -0.3 is 11.5 Å². The zero-order valence-electron chi connectivity index (χ0n) is 11.6. The Hall–Kier alpha value is -1.16. The standard InChI is InChI=1S/C16H20ClN3/c1-10-14(18)3-2-7-16(10,19)13-6-8-20-15-9-11(17)4-5-12(13)15/h4-6,8-10,14H,2-3,7,18-19H2,1H3. The van der Waals surface area contributed by atoms with Gasteiger partial charge in [-0.25, -0.2) is 0 Å². The Morgan fingerprint density at radius 2 is 2.15 bits per heavy atom. The summed E-state index contributed by atoms with van der Waals surface area (Å²) in [6.07, 6.45) is 4.90. The second kappa shape index (κ2) is 4.99. The summed E-state index contributed by atoms with van der Waals surface area (Å²) in [4.78, 5) is 4.40. The maximum atomic E-state index is 6.78. The first-order chi connectivity index (χ1) is 9.52. The molecule has 1 aliphatic rings. The lowest BCUT2D eigenvalue weighted by atomic mass is 9.67. The van der Waals surface area contributed by atoms with Crippen LogP contribution in [0.4, 0.5) is 0 Å². The minimum absolute atomic E-state index is 0.157. The van der Waals surface area contributed by atoms with Crippen LogP contribution < -0.4 is 11.5 Å². The molecule has 1 fully saturated rings. The number of fused-ring (bicyclic) bond motifs is 1. The molecule has 1 saturated carbocycles. The quantitative estimate of drug-likeness (QED) is 0.847. The molecule has 0 spiro atoms. The van der Waals surface area contributed by atoms with Crippen LogP contribution in [-0.2, 0) is 5.54 Å². The lowest BCUT2D eigenvalue weighted by molar-refractivity contribution is 0.180. The predicted octanol–water partition coefficient (Wildman–Crippen LogP) is 3.19. The maximum absolute atomic E-state index is 6.78. The Balaban J connectivity index is 2.18. The van der Waals surface area contributed by atoms with Crippen molar-refractivity contribution in [3.8, 4) is 0 Å². The van der Waals surface area contributed by atoms with Crippen LogP contribution in [0.2, 0.25) is 5.02 Å². The molecule has 0 bridgehead atoms. The van der Waals surface area contributed by atoms with Crippen LogP contribution in [0.1, 0.15) is 31.7 Å². The Labute approximate surface area is 124 Å². The third-order valence-electron chi connectivity index (χ3n) is 4.79. The molecule has 4 heteroatoms. The van der Waals surface area contributed by atoms with Gasteiger partial charge in [0.25, 0.3) is 0 Å². The average molecular weight is 290 g/mol. The van der Waals surface area contributed by atoms with Crippen LogP contribution in [0.25, 0.3) is 10.9 Å². The molecule has 2 aromatic rings. The molecule has 0 aliphatic heterocycles. The number of hydrogen-bond acceptors (Lipinski definition) is 3. The number of nitrogens with two attached hydrogens (primary N) is 2. The van der Waals surface area contributed by atoms with Gasteiger partial charge in [-0.05, 0) is 48.9 Å². The molecule has 3 atom stereocenters. The highest BCUT2D eigenvalue weighted by Gasteiger charge is 2.40. The van der Waals surface area contributed by atoms with E-state index in [4.69, 9.17) is 23.1 Å². The first-order valence-electron chi connectivity index (χ1n) is 7.11. The Morgan fingerprint density at radius 1 is 1.35 bits per heavy atom. The molecule has 0 radical (unpaired) electrons. The van der Waals surface area contributed by atoms with Crippen LogP contribution in [0, 0.1) is 5.92 Å². The van der Waals surface area contributed by atoms with Gasteiger partial charge in [0, 0.05) is 28.2 Å². The van der Waals surface area contributed by atoms with Gasteiger partial charge in [0.05, 0.1) is 5.52 Å². The number of nitrogens with zero attached hydrogens (tertiary/aromatic N) is 1. The van der Waals surface area contributed by atoms with Crippen molar-refractivity contribution < 1.29 is 0 Å². The summed E-state index contributed by atoms with van der Waals surface area (Å²) >= 11 is 6.05. The summed E-state index contributed by atoms with van der Waals surface area (Å²) < 4.78 is 0. The molecule has 1 aromatic heterocycles. The fourth-order valence-electron chi connectivity index (χ4n) is 3.40. The van der Waals surface area contributed by atoms with E-state index >= 15 is 0 Å². The largest absolute Gasteiger partial charge is 0.327 e. The van der Waals surface area contributed by atoms with Crippen LogP contribution in [-0.4, -0.2) is 11.0 Å². The van der Waals surface area contributed by atoms with Gasteiger partial charge in [-0.3, -0.25) is 4.98 Å². The summed E-state index contributed by atoms with van der Waals surface area (Å²) in [6.45, 7) is 2.16. The first-order valence-corrected chi connectivity index (χ1v) is 7.49. The van der Waals surface area contributed by atoms with E-state index in [2.05, 4.69) is 11.9 Å². The number of rotatable bonds is 1. The summed E-state index contributed by atoms with van der Waals surface area (Å²) in [7, 11) is 0. The van der Waals surface area contributed by atoms with Crippen molar-refractivity contribution in [3.05, 3.63) is 41.0 Å². The van der Waals surface area contributed by atoms with E-state index in [0.29, 0.717) is 5.02 Å². The third kappa shape index (κ3) is 2.10. The monoisotopic (exact) mass is 289 g/mol. The second-order valence-electron chi connectivity index (χ2n) is 5.91. The zero-order valence-corrected chi connectivity index (χ0v) is 12.4. The van der Waals surface area contributed by atoms with Crippen LogP contribution in [0.5, 0.6) is 0 Å². The van der Waals surface area contributed by atoms with Crippen molar-refractivity contribution in [2.75, 3.05) is 0 Å². The lowest BCUT2D eigenvalue weighted by Crippen LogP contribution is -2.53. The SMILES string of the molecule is CC1C(N)CCCC1(N)c1ccnc2cc(Cl)ccc12. The van der Waals surface area contributed by atoms with Gasteiger partial charge in [0.1, 0.15) is 0 Å². The summed E-state index contributed by atoms with van der Waals surface area (Å²) in [5.41, 5.74) is 14.7. The molecular formula is C16H20ClN3. The van der Waals surface area contributed by atoms with Crippen molar-refractivity contribution in [2.24, 2.45) is 17.4 Å². The molecule has 1 heterocycles. The van der Waals surface area contributed by atoms with E-state index < -0.39 is 0 Å². The van der Waals surface area contributed by atoms with Gasteiger partial charge in [-0.15, -0.1) is 0 Å². The maximum Gasteiger partial charge on any atom is 0.0720 e. The van der Waals surface area contributed by atoms with Crippen LogP contribution in [0.15, 0.2) is 30.5 Å². The summed E-state index contributed by atoms with van der Waals surface area (Å²) in [5.74, 6) is 0.248. The third-order valence-corrected chi connectivity index (χ3v) is 5.02. The van der Waals surface area contributed by atoms with E-state index in [9.17, 15) is 0 Å². The van der Waals surface area contributed by atoms with E-state index in [1.807, 2.05) is 30.5 Å². The number of benzene rings is 1. The van der Waals surface area contributed by atoms with Crippen molar-refractivity contribution in [2.45, 2.75) is 37.8 Å². The normalized spacial score (nSPS) is 30.6. The van der Waals surface area contributed by atoms with Gasteiger partial charge in [-0.1, -0.05) is 24.6 Å². The Kier molecular flexibility index (Phi) is 3.44. The van der Waals surface area contributed by atoms with Crippen molar-refractivity contribution >= 4 is 22.5 Å². The highest BCUT2D eigenvalue weighted by atomic mass is 35.5. The molecule has 3 unspecified atom stereocenters. The molecule has 0 saturated heterocycles. The summed E-state index contributed by atoms with van der Waals surface area (Å²) in [5, 5.41) is 1.78. The molecule has 106 valence electrons. The molecule has 3 nitrogen and oxygen atoms in total. The zero-order chi connectivity index (χ0) is 14.3. The second-order valence-corrected chi connectivity index (χ2v) is 6.34.